The van der Waals surface area contributed by atoms with Gasteiger partial charge in [0.05, 0.1) is 0 Å². The van der Waals surface area contributed by atoms with E-state index in [1.807, 2.05) is 0 Å². The van der Waals surface area contributed by atoms with E-state index in [2.05, 4.69) is 0 Å². The van der Waals surface area contributed by atoms with Gasteiger partial charge in [-0.3, -0.25) is 9.59 Å². The summed E-state index contributed by atoms with van der Waals surface area (Å²) in [6.45, 7) is 6.22. The Hall–Kier alpha value is -1.91. The molecule has 0 aromatic heterocycles. The number of hydrogen-bond donors (Lipinski definition) is 0. The summed E-state index contributed by atoms with van der Waals surface area (Å²) in [5, 5.41) is 1.11. The van der Waals surface area contributed by atoms with Gasteiger partial charge in [0.15, 0.2) is 11.2 Å². The molecule has 0 bridgehead atoms. The van der Waals surface area contributed by atoms with Crippen LogP contribution in [0.3, 0.4) is 0 Å². The minimum Gasteiger partial charge on any atom is -0.586 e. The molecule has 153 valence electrons. The van der Waals surface area contributed by atoms with Crippen LogP contribution in [0.1, 0.15) is 27.7 Å². The SMILES string of the molecule is CC(C)(Oc1ccc(Cl)cc1)C(=O)[O][Al][O]C(=O)C(C)(C)Oc1ccc(Cl)cc1. The third kappa shape index (κ3) is 7.13. The zero-order chi connectivity index (χ0) is 21.7. The molecule has 2 aromatic carbocycles. The molecule has 29 heavy (non-hydrogen) atoms. The van der Waals surface area contributed by atoms with Crippen LogP contribution in [-0.2, 0) is 17.2 Å². The zero-order valence-electron chi connectivity index (χ0n) is 16.4. The van der Waals surface area contributed by atoms with Crippen molar-refractivity contribution in [2.24, 2.45) is 0 Å². The van der Waals surface area contributed by atoms with Crippen LogP contribution >= 0.6 is 23.2 Å². The van der Waals surface area contributed by atoms with E-state index in [1.54, 1.807) is 76.2 Å². The monoisotopic (exact) mass is 453 g/mol. The number of halogens is 2. The standard InChI is InChI=1S/2C10H11ClO3.Al/c2*1-10(2,9(12)13)14-8-5-3-7(11)4-6-8;/h2*3-6H,1-2H3,(H,12,13);/q;;+2/p-2. The van der Waals surface area contributed by atoms with Gasteiger partial charge in [-0.25, -0.2) is 0 Å². The molecule has 0 heterocycles. The van der Waals surface area contributed by atoms with Gasteiger partial charge in [-0.1, -0.05) is 23.2 Å². The summed E-state index contributed by atoms with van der Waals surface area (Å²) in [5.41, 5.74) is -2.55. The fraction of sp³-hybridized carbons (Fsp3) is 0.300. The van der Waals surface area contributed by atoms with E-state index >= 15 is 0 Å². The van der Waals surface area contributed by atoms with Crippen LogP contribution in [0, 0.1) is 0 Å². The van der Waals surface area contributed by atoms with Crippen LogP contribution in [0.4, 0.5) is 0 Å². The van der Waals surface area contributed by atoms with Crippen molar-refractivity contribution in [1.29, 1.82) is 0 Å². The Morgan fingerprint density at radius 3 is 1.31 bits per heavy atom. The summed E-state index contributed by atoms with van der Waals surface area (Å²) in [7, 11) is 0. The second kappa shape index (κ2) is 9.73. The maximum Gasteiger partial charge on any atom is 0.886 e. The van der Waals surface area contributed by atoms with Crippen LogP contribution in [-0.4, -0.2) is 39.0 Å². The van der Waals surface area contributed by atoms with Crippen LogP contribution in [0.15, 0.2) is 48.5 Å². The quantitative estimate of drug-likeness (QED) is 0.542. The summed E-state index contributed by atoms with van der Waals surface area (Å²) < 4.78 is 21.5. The van der Waals surface area contributed by atoms with Crippen molar-refractivity contribution >= 4 is 51.0 Å². The lowest BCUT2D eigenvalue weighted by Crippen LogP contribution is -2.43. The summed E-state index contributed by atoms with van der Waals surface area (Å²) in [4.78, 5) is 24.6. The maximum absolute atomic E-state index is 12.3. The first-order chi connectivity index (χ1) is 13.5. The van der Waals surface area contributed by atoms with E-state index in [0.29, 0.717) is 21.5 Å². The Kier molecular flexibility index (Phi) is 7.84. The number of benzene rings is 2. The van der Waals surface area contributed by atoms with Gasteiger partial charge in [0, 0.05) is 10.0 Å². The molecule has 0 aliphatic carbocycles. The molecule has 0 unspecified atom stereocenters. The third-order valence-corrected chi connectivity index (χ3v) is 4.79. The lowest BCUT2D eigenvalue weighted by Gasteiger charge is -2.26. The first kappa shape index (κ1) is 23.4. The van der Waals surface area contributed by atoms with Crippen LogP contribution < -0.4 is 9.47 Å². The van der Waals surface area contributed by atoms with Gasteiger partial charge in [-0.05, 0) is 76.2 Å². The second-order valence-corrected chi connectivity index (χ2v) is 8.58. The van der Waals surface area contributed by atoms with E-state index < -0.39 is 39.0 Å². The first-order valence-corrected chi connectivity index (χ1v) is 10.3. The number of carbonyl (C=O) groups is 2. The van der Waals surface area contributed by atoms with Gasteiger partial charge in [0.25, 0.3) is 0 Å². The van der Waals surface area contributed by atoms with Gasteiger partial charge >= 0.3 is 27.8 Å². The van der Waals surface area contributed by atoms with Gasteiger partial charge in [-0.2, -0.15) is 0 Å². The zero-order valence-corrected chi connectivity index (χ0v) is 19.1. The summed E-state index contributed by atoms with van der Waals surface area (Å²) in [6.07, 6.45) is 0. The molecule has 0 N–H and O–H groups in total. The van der Waals surface area contributed by atoms with Crippen molar-refractivity contribution in [1.82, 2.24) is 0 Å². The molecule has 0 aliphatic rings. The summed E-state index contributed by atoms with van der Waals surface area (Å²) in [6, 6.07) is 13.1. The van der Waals surface area contributed by atoms with Gasteiger partial charge in [0.2, 0.25) is 0 Å². The van der Waals surface area contributed by atoms with E-state index in [9.17, 15) is 9.59 Å². The van der Waals surface area contributed by atoms with Crippen molar-refractivity contribution in [3.05, 3.63) is 58.6 Å². The molecule has 0 saturated carbocycles. The molecule has 0 spiro atoms. The number of ether oxygens (including phenoxy) is 2. The second-order valence-electron chi connectivity index (χ2n) is 7.04. The highest BCUT2D eigenvalue weighted by molar-refractivity contribution is 6.30. The molecule has 9 heteroatoms. The van der Waals surface area contributed by atoms with Crippen molar-refractivity contribution in [2.45, 2.75) is 38.9 Å². The van der Waals surface area contributed by atoms with E-state index in [-0.39, 0.29) is 0 Å². The lowest BCUT2D eigenvalue weighted by atomic mass is 10.1. The van der Waals surface area contributed by atoms with Crippen molar-refractivity contribution in [3.8, 4) is 11.5 Å². The molecule has 0 aliphatic heterocycles. The van der Waals surface area contributed by atoms with Crippen LogP contribution in [0.5, 0.6) is 11.5 Å². The number of carbonyl (C=O) groups excluding carboxylic acids is 2. The highest BCUT2D eigenvalue weighted by Crippen LogP contribution is 2.23. The molecule has 6 nitrogen and oxygen atoms in total. The highest BCUT2D eigenvalue weighted by Gasteiger charge is 2.36. The topological polar surface area (TPSA) is 71.1 Å². The molecule has 2 rings (SSSR count). The minimum atomic E-state index is -1.39. The fourth-order valence-electron chi connectivity index (χ4n) is 2.07. The Labute approximate surface area is 186 Å². The third-order valence-electron chi connectivity index (χ3n) is 3.67. The van der Waals surface area contributed by atoms with E-state index in [4.69, 9.17) is 40.3 Å². The Balaban J connectivity index is 1.85. The molecule has 0 atom stereocenters. The average molecular weight is 454 g/mol. The van der Waals surface area contributed by atoms with Crippen LogP contribution in [0.25, 0.3) is 0 Å². The largest absolute Gasteiger partial charge is 0.886 e. The molecular weight excluding hydrogens is 434 g/mol. The molecule has 0 saturated heterocycles. The van der Waals surface area contributed by atoms with Gasteiger partial charge in [0.1, 0.15) is 11.5 Å². The van der Waals surface area contributed by atoms with Gasteiger partial charge in [-0.15, -0.1) is 0 Å². The smallest absolute Gasteiger partial charge is 0.586 e. The number of hydrogen-bond acceptors (Lipinski definition) is 6. The molecule has 0 fully saturated rings. The molecule has 0 amide bonds. The predicted octanol–water partition coefficient (Wildman–Crippen LogP) is 4.63. The fourth-order valence-corrected chi connectivity index (χ4v) is 3.12. The van der Waals surface area contributed by atoms with Gasteiger partial charge < -0.3 is 17.1 Å². The minimum absolute atomic E-state index is 0.459. The highest BCUT2D eigenvalue weighted by atomic mass is 35.5. The Bertz CT molecular complexity index is 779. The van der Waals surface area contributed by atoms with Crippen molar-refractivity contribution < 1.29 is 26.6 Å². The van der Waals surface area contributed by atoms with E-state index in [0.717, 1.165) is 0 Å². The number of rotatable bonds is 8. The van der Waals surface area contributed by atoms with Crippen molar-refractivity contribution in [3.63, 3.8) is 0 Å². The molecule has 1 radical (unpaired) electrons. The van der Waals surface area contributed by atoms with Crippen LogP contribution in [0.2, 0.25) is 10.0 Å². The predicted molar refractivity (Wildman–Crippen MR) is 110 cm³/mol. The van der Waals surface area contributed by atoms with Crippen molar-refractivity contribution in [2.75, 3.05) is 0 Å². The first-order valence-electron chi connectivity index (χ1n) is 8.63. The normalized spacial score (nSPS) is 11.4. The molecular formula is C20H20AlCl2O6. The average Bonchev–Trinajstić information content (AvgIpc) is 2.65. The lowest BCUT2D eigenvalue weighted by molar-refractivity contribution is -0.155. The summed E-state index contributed by atoms with van der Waals surface area (Å²) in [5.74, 6) is -0.403. The van der Waals surface area contributed by atoms with E-state index in [1.165, 1.54) is 0 Å². The summed E-state index contributed by atoms with van der Waals surface area (Å²) >= 11 is 10.3. The Morgan fingerprint density at radius 2 is 1.00 bits per heavy atom. The maximum atomic E-state index is 12.3. The Morgan fingerprint density at radius 1 is 0.690 bits per heavy atom. The molecule has 2 aromatic rings.